The molecule has 1 saturated heterocycles. The molecule has 45 valence electrons. The van der Waals surface area contributed by atoms with E-state index in [0.717, 1.165) is 6.54 Å². The molecule has 1 aliphatic heterocycles. The van der Waals surface area contributed by atoms with Crippen molar-refractivity contribution in [2.24, 2.45) is 0 Å². The molecule has 1 rings (SSSR count). The summed E-state index contributed by atoms with van der Waals surface area (Å²) in [7, 11) is 0. The van der Waals surface area contributed by atoms with Crippen molar-refractivity contribution in [1.29, 1.82) is 0 Å². The van der Waals surface area contributed by atoms with Crippen LogP contribution in [0.25, 0.3) is 0 Å². The van der Waals surface area contributed by atoms with Crippen molar-refractivity contribution in [3.8, 4) is 0 Å². The van der Waals surface area contributed by atoms with Gasteiger partial charge in [0.15, 0.2) is 0 Å². The molecule has 0 bridgehead atoms. The second-order valence-electron chi connectivity index (χ2n) is 1.82. The molecule has 8 heavy (non-hydrogen) atoms. The first-order valence-electron chi connectivity index (χ1n) is 2.58. The largest absolute Gasteiger partial charge is 0.480 e. The molecule has 0 aromatic heterocycles. The summed E-state index contributed by atoms with van der Waals surface area (Å²) in [5.74, 6) is -0.751. The number of rotatable bonds is 1. The maximum absolute atomic E-state index is 10.1. The summed E-state index contributed by atoms with van der Waals surface area (Å²) >= 11 is 0. The van der Waals surface area contributed by atoms with E-state index in [-0.39, 0.29) is 6.04 Å². The van der Waals surface area contributed by atoms with Gasteiger partial charge in [0.25, 0.3) is 0 Å². The number of carboxylic acid groups (broad SMARTS) is 1. The number of carboxylic acids is 1. The highest BCUT2D eigenvalue weighted by Gasteiger charge is 2.20. The van der Waals surface area contributed by atoms with E-state index in [9.17, 15) is 4.79 Å². The van der Waals surface area contributed by atoms with Gasteiger partial charge in [-0.15, -0.1) is 0 Å². The van der Waals surface area contributed by atoms with Crippen molar-refractivity contribution in [2.45, 2.75) is 12.5 Å². The van der Waals surface area contributed by atoms with E-state index in [4.69, 9.17) is 5.11 Å². The highest BCUT2D eigenvalue weighted by molar-refractivity contribution is 5.74. The van der Waals surface area contributed by atoms with Crippen molar-refractivity contribution in [1.82, 2.24) is 5.32 Å². The molecule has 0 aromatic carbocycles. The predicted molar refractivity (Wildman–Crippen MR) is 28.3 cm³/mol. The molecule has 2 N–H and O–H groups in total. The average Bonchev–Trinajstić information content (AvgIpc) is 2.12. The van der Waals surface area contributed by atoms with Gasteiger partial charge in [-0.1, -0.05) is 0 Å². The first-order chi connectivity index (χ1) is 3.80. The predicted octanol–water partition coefficient (Wildman–Crippen LogP) is -0.363. The molecular weight excluding hydrogens is 106 g/mol. The van der Waals surface area contributed by atoms with Gasteiger partial charge >= 0.3 is 5.97 Å². The summed E-state index contributed by atoms with van der Waals surface area (Å²) in [5, 5.41) is 11.1. The maximum atomic E-state index is 10.1. The lowest BCUT2D eigenvalue weighted by molar-refractivity contribution is -0.138. The second kappa shape index (κ2) is 2.13. The third-order valence-electron chi connectivity index (χ3n) is 1.21. The summed E-state index contributed by atoms with van der Waals surface area (Å²) < 4.78 is 0. The second-order valence-corrected chi connectivity index (χ2v) is 1.82. The van der Waals surface area contributed by atoms with Gasteiger partial charge in [-0.25, -0.2) is 0 Å². The summed E-state index contributed by atoms with van der Waals surface area (Å²) in [6, 6.07) is -0.324. The SMILES string of the molecule is O=C(O)C1C[CH]CN1. The van der Waals surface area contributed by atoms with Crippen LogP contribution in [0, 0.1) is 6.42 Å². The fourth-order valence-corrected chi connectivity index (χ4v) is 0.747. The first kappa shape index (κ1) is 5.56. The number of nitrogens with one attached hydrogen (secondary N) is 1. The molecule has 1 heterocycles. The van der Waals surface area contributed by atoms with Gasteiger partial charge in [0.05, 0.1) is 0 Å². The minimum Gasteiger partial charge on any atom is -0.480 e. The van der Waals surface area contributed by atoms with Crippen molar-refractivity contribution >= 4 is 5.97 Å². The standard InChI is InChI=1S/C5H8NO2/c7-5(8)4-2-1-3-6-4/h1,4,6H,2-3H2,(H,7,8). The van der Waals surface area contributed by atoms with Gasteiger partial charge in [-0.2, -0.15) is 0 Å². The topological polar surface area (TPSA) is 49.3 Å². The molecule has 0 aliphatic carbocycles. The van der Waals surface area contributed by atoms with Crippen LogP contribution in [0.4, 0.5) is 0 Å². The van der Waals surface area contributed by atoms with Gasteiger partial charge < -0.3 is 10.4 Å². The molecule has 3 nitrogen and oxygen atoms in total. The fourth-order valence-electron chi connectivity index (χ4n) is 0.747. The van der Waals surface area contributed by atoms with Gasteiger partial charge in [-0.3, -0.25) is 4.79 Å². The van der Waals surface area contributed by atoms with Crippen molar-refractivity contribution in [2.75, 3.05) is 6.54 Å². The molecule has 0 aromatic rings. The van der Waals surface area contributed by atoms with Crippen LogP contribution in [-0.4, -0.2) is 23.7 Å². The minimum atomic E-state index is -0.751. The van der Waals surface area contributed by atoms with Crippen LogP contribution >= 0.6 is 0 Å². The van der Waals surface area contributed by atoms with Crippen LogP contribution in [0.3, 0.4) is 0 Å². The number of aliphatic carboxylic acids is 1. The van der Waals surface area contributed by atoms with Crippen molar-refractivity contribution in [3.63, 3.8) is 0 Å². The van der Waals surface area contributed by atoms with Crippen LogP contribution in [0.15, 0.2) is 0 Å². The summed E-state index contributed by atoms with van der Waals surface area (Å²) in [5.41, 5.74) is 0. The smallest absolute Gasteiger partial charge is 0.320 e. The fraction of sp³-hybridized carbons (Fsp3) is 0.600. The van der Waals surface area contributed by atoms with Gasteiger partial charge in [-0.05, 0) is 19.4 Å². The summed E-state index contributed by atoms with van der Waals surface area (Å²) in [4.78, 5) is 10.1. The zero-order valence-electron chi connectivity index (χ0n) is 4.42. The highest BCUT2D eigenvalue weighted by atomic mass is 16.4. The molecular formula is C5H8NO2. The van der Waals surface area contributed by atoms with Crippen molar-refractivity contribution in [3.05, 3.63) is 6.42 Å². The molecule has 3 heteroatoms. The van der Waals surface area contributed by atoms with E-state index in [1.54, 1.807) is 0 Å². The molecule has 0 spiro atoms. The van der Waals surface area contributed by atoms with Crippen LogP contribution in [0.1, 0.15) is 6.42 Å². The Hall–Kier alpha value is -0.570. The Labute approximate surface area is 47.7 Å². The van der Waals surface area contributed by atoms with E-state index >= 15 is 0 Å². The lowest BCUT2D eigenvalue weighted by Crippen LogP contribution is -2.29. The van der Waals surface area contributed by atoms with E-state index < -0.39 is 5.97 Å². The molecule has 1 aliphatic rings. The Kier molecular flexibility index (Phi) is 1.48. The van der Waals surface area contributed by atoms with Crippen LogP contribution < -0.4 is 5.32 Å². The number of carbonyl (C=O) groups is 1. The van der Waals surface area contributed by atoms with Crippen LogP contribution in [-0.2, 0) is 4.79 Å². The first-order valence-corrected chi connectivity index (χ1v) is 2.58. The third-order valence-corrected chi connectivity index (χ3v) is 1.21. The molecule has 0 amide bonds. The Morgan fingerprint density at radius 3 is 2.88 bits per heavy atom. The maximum Gasteiger partial charge on any atom is 0.320 e. The Balaban J connectivity index is 2.35. The van der Waals surface area contributed by atoms with E-state index in [0.29, 0.717) is 6.42 Å². The minimum absolute atomic E-state index is 0.324. The zero-order valence-corrected chi connectivity index (χ0v) is 4.42. The van der Waals surface area contributed by atoms with Gasteiger partial charge in [0, 0.05) is 0 Å². The van der Waals surface area contributed by atoms with Gasteiger partial charge in [0.2, 0.25) is 0 Å². The third kappa shape index (κ3) is 0.980. The Morgan fingerprint density at radius 1 is 1.88 bits per heavy atom. The average molecular weight is 114 g/mol. The zero-order chi connectivity index (χ0) is 5.98. The lowest BCUT2D eigenvalue weighted by atomic mass is 10.2. The lowest BCUT2D eigenvalue weighted by Gasteiger charge is -1.99. The quantitative estimate of drug-likeness (QED) is 0.489. The van der Waals surface area contributed by atoms with Crippen LogP contribution in [0.2, 0.25) is 0 Å². The molecule has 1 unspecified atom stereocenters. The molecule has 1 fully saturated rings. The normalized spacial score (nSPS) is 28.2. The van der Waals surface area contributed by atoms with Crippen LogP contribution in [0.5, 0.6) is 0 Å². The number of hydrogen-bond acceptors (Lipinski definition) is 2. The monoisotopic (exact) mass is 114 g/mol. The Bertz CT molecular complexity index is 96.6. The summed E-state index contributed by atoms with van der Waals surface area (Å²) in [6.45, 7) is 0.733. The Morgan fingerprint density at radius 2 is 2.62 bits per heavy atom. The molecule has 1 radical (unpaired) electrons. The highest BCUT2D eigenvalue weighted by Crippen LogP contribution is 2.02. The van der Waals surface area contributed by atoms with E-state index in [2.05, 4.69) is 5.32 Å². The molecule has 1 atom stereocenters. The van der Waals surface area contributed by atoms with E-state index in [1.165, 1.54) is 0 Å². The number of hydrogen-bond donors (Lipinski definition) is 2. The van der Waals surface area contributed by atoms with E-state index in [1.807, 2.05) is 6.42 Å². The molecule has 0 saturated carbocycles. The van der Waals surface area contributed by atoms with Gasteiger partial charge in [0.1, 0.15) is 6.04 Å². The van der Waals surface area contributed by atoms with Crippen molar-refractivity contribution < 1.29 is 9.90 Å². The summed E-state index contributed by atoms with van der Waals surface area (Å²) in [6.07, 6.45) is 2.59.